The molecule has 0 spiro atoms. The van der Waals surface area contributed by atoms with Gasteiger partial charge in [0.2, 0.25) is 5.91 Å². The second-order valence-electron chi connectivity index (χ2n) is 6.84. The number of hydrogen-bond acceptors (Lipinski definition) is 5. The van der Waals surface area contributed by atoms with E-state index < -0.39 is 0 Å². The number of carbonyl (C=O) groups is 1. The molecule has 0 aliphatic heterocycles. The Labute approximate surface area is 177 Å². The minimum Gasteiger partial charge on any atom is -0.497 e. The Hall–Kier alpha value is -3.45. The molecule has 1 N–H and O–H groups in total. The van der Waals surface area contributed by atoms with E-state index in [0.717, 1.165) is 34.5 Å². The van der Waals surface area contributed by atoms with Gasteiger partial charge >= 0.3 is 0 Å². The summed E-state index contributed by atoms with van der Waals surface area (Å²) < 4.78 is 7.07. The van der Waals surface area contributed by atoms with Crippen LogP contribution in [0.25, 0.3) is 21.3 Å². The molecule has 4 aromatic rings. The summed E-state index contributed by atoms with van der Waals surface area (Å²) in [4.78, 5) is 29.8. The largest absolute Gasteiger partial charge is 0.497 e. The number of nitrogens with zero attached hydrogens (tertiary/aromatic N) is 2. The van der Waals surface area contributed by atoms with E-state index in [9.17, 15) is 9.59 Å². The van der Waals surface area contributed by atoms with Gasteiger partial charge in [0, 0.05) is 16.6 Å². The van der Waals surface area contributed by atoms with Crippen molar-refractivity contribution in [3.8, 4) is 16.9 Å². The molecule has 7 heteroatoms. The molecular formula is C23H21N3O3S. The first-order valence-electron chi connectivity index (χ1n) is 9.59. The lowest BCUT2D eigenvalue weighted by Gasteiger charge is -2.08. The second kappa shape index (κ2) is 8.51. The van der Waals surface area contributed by atoms with E-state index in [2.05, 4.69) is 17.2 Å². The fourth-order valence-electron chi connectivity index (χ4n) is 3.25. The lowest BCUT2D eigenvalue weighted by Crippen LogP contribution is -2.27. The van der Waals surface area contributed by atoms with Gasteiger partial charge in [0.25, 0.3) is 5.56 Å². The van der Waals surface area contributed by atoms with Crippen LogP contribution in [0.4, 0.5) is 5.69 Å². The summed E-state index contributed by atoms with van der Waals surface area (Å²) in [6, 6.07) is 15.3. The molecule has 0 fully saturated rings. The maximum absolute atomic E-state index is 12.9. The van der Waals surface area contributed by atoms with Crippen molar-refractivity contribution in [2.24, 2.45) is 0 Å². The van der Waals surface area contributed by atoms with Gasteiger partial charge in [-0.2, -0.15) is 0 Å². The number of carbonyl (C=O) groups excluding carboxylic acids is 1. The first-order valence-corrected chi connectivity index (χ1v) is 10.5. The van der Waals surface area contributed by atoms with Crippen LogP contribution in [0.5, 0.6) is 5.75 Å². The van der Waals surface area contributed by atoms with Crippen LogP contribution >= 0.6 is 11.3 Å². The topological polar surface area (TPSA) is 73.2 Å². The van der Waals surface area contributed by atoms with Gasteiger partial charge in [0.1, 0.15) is 17.0 Å². The quantitative estimate of drug-likeness (QED) is 0.505. The molecular weight excluding hydrogens is 398 g/mol. The first kappa shape index (κ1) is 19.8. The Kier molecular flexibility index (Phi) is 5.63. The number of rotatable bonds is 6. The molecule has 0 radical (unpaired) electrons. The highest BCUT2D eigenvalue weighted by molar-refractivity contribution is 7.17. The van der Waals surface area contributed by atoms with Gasteiger partial charge in [-0.1, -0.05) is 31.2 Å². The number of thiophene rings is 1. The van der Waals surface area contributed by atoms with Crippen molar-refractivity contribution in [1.29, 1.82) is 0 Å². The summed E-state index contributed by atoms with van der Waals surface area (Å²) in [5, 5.41) is 4.77. The van der Waals surface area contributed by atoms with E-state index in [-0.39, 0.29) is 18.0 Å². The number of amides is 1. The molecule has 152 valence electrons. The number of fused-ring (bicyclic) bond motifs is 1. The average molecular weight is 420 g/mol. The average Bonchev–Trinajstić information content (AvgIpc) is 3.21. The van der Waals surface area contributed by atoms with Crippen LogP contribution in [0.1, 0.15) is 12.5 Å². The Bertz CT molecular complexity index is 1260. The molecule has 0 saturated heterocycles. The zero-order valence-corrected chi connectivity index (χ0v) is 17.5. The van der Waals surface area contributed by atoms with E-state index in [1.54, 1.807) is 7.11 Å². The van der Waals surface area contributed by atoms with Crippen LogP contribution in [0, 0.1) is 0 Å². The van der Waals surface area contributed by atoms with E-state index in [1.165, 1.54) is 22.2 Å². The molecule has 2 heterocycles. The molecule has 2 aromatic heterocycles. The van der Waals surface area contributed by atoms with Crippen LogP contribution in [0.15, 0.2) is 65.0 Å². The Morgan fingerprint density at radius 1 is 1.20 bits per heavy atom. The summed E-state index contributed by atoms with van der Waals surface area (Å²) >= 11 is 1.34. The molecule has 0 atom stereocenters. The van der Waals surface area contributed by atoms with Crippen molar-refractivity contribution in [3.05, 3.63) is 76.2 Å². The van der Waals surface area contributed by atoms with Crippen LogP contribution in [-0.2, 0) is 17.8 Å². The van der Waals surface area contributed by atoms with E-state index >= 15 is 0 Å². The molecule has 0 bridgehead atoms. The van der Waals surface area contributed by atoms with Crippen LogP contribution in [0.2, 0.25) is 0 Å². The van der Waals surface area contributed by atoms with Crippen LogP contribution in [-0.4, -0.2) is 22.6 Å². The molecule has 1 amide bonds. The minimum absolute atomic E-state index is 0.0894. The highest BCUT2D eigenvalue weighted by atomic mass is 32.1. The number of anilines is 1. The predicted molar refractivity (Wildman–Crippen MR) is 120 cm³/mol. The lowest BCUT2D eigenvalue weighted by atomic mass is 10.1. The molecule has 2 aromatic carbocycles. The standard InChI is InChI=1S/C23H21N3O3S/c1-3-15-5-4-6-17(11-15)25-20(27)12-26-14-24-21-19(13-30-22(21)23(26)28)16-7-9-18(29-2)10-8-16/h4-11,13-14H,3,12H2,1-2H3,(H,25,27). The third-order valence-corrected chi connectivity index (χ3v) is 5.84. The maximum Gasteiger partial charge on any atom is 0.271 e. The summed E-state index contributed by atoms with van der Waals surface area (Å²) in [6.07, 6.45) is 2.32. The van der Waals surface area contributed by atoms with Gasteiger partial charge in [0.05, 0.1) is 19.0 Å². The van der Waals surface area contributed by atoms with Gasteiger partial charge in [-0.25, -0.2) is 4.98 Å². The van der Waals surface area contributed by atoms with Gasteiger partial charge in [-0.05, 0) is 41.8 Å². The van der Waals surface area contributed by atoms with Gasteiger partial charge in [-0.15, -0.1) is 11.3 Å². The highest BCUT2D eigenvalue weighted by Gasteiger charge is 2.14. The molecule has 0 aliphatic rings. The first-order chi connectivity index (χ1) is 14.6. The predicted octanol–water partition coefficient (Wildman–Crippen LogP) is 4.33. The van der Waals surface area contributed by atoms with E-state index in [4.69, 9.17) is 4.74 Å². The van der Waals surface area contributed by atoms with E-state index in [0.29, 0.717) is 10.2 Å². The summed E-state index contributed by atoms with van der Waals surface area (Å²) in [6.45, 7) is 1.97. The van der Waals surface area contributed by atoms with Crippen molar-refractivity contribution in [1.82, 2.24) is 9.55 Å². The van der Waals surface area contributed by atoms with Gasteiger partial charge in [0.15, 0.2) is 0 Å². The third kappa shape index (κ3) is 3.97. The maximum atomic E-state index is 12.9. The van der Waals surface area contributed by atoms with Crippen LogP contribution < -0.4 is 15.6 Å². The zero-order chi connectivity index (χ0) is 21.1. The van der Waals surface area contributed by atoms with Crippen molar-refractivity contribution >= 4 is 33.1 Å². The Morgan fingerprint density at radius 3 is 2.73 bits per heavy atom. The summed E-state index contributed by atoms with van der Waals surface area (Å²) in [5.41, 5.74) is 4.13. The normalized spacial score (nSPS) is 10.9. The van der Waals surface area contributed by atoms with Crippen LogP contribution in [0.3, 0.4) is 0 Å². The van der Waals surface area contributed by atoms with Crippen molar-refractivity contribution in [2.75, 3.05) is 12.4 Å². The van der Waals surface area contributed by atoms with Crippen molar-refractivity contribution < 1.29 is 9.53 Å². The minimum atomic E-state index is -0.265. The molecule has 30 heavy (non-hydrogen) atoms. The van der Waals surface area contributed by atoms with Crippen molar-refractivity contribution in [2.45, 2.75) is 19.9 Å². The molecule has 0 aliphatic carbocycles. The monoisotopic (exact) mass is 419 g/mol. The smallest absolute Gasteiger partial charge is 0.271 e. The summed E-state index contributed by atoms with van der Waals surface area (Å²) in [5.74, 6) is 0.502. The van der Waals surface area contributed by atoms with E-state index in [1.807, 2.05) is 53.9 Å². The number of nitrogens with one attached hydrogen (secondary N) is 1. The fourth-order valence-corrected chi connectivity index (χ4v) is 4.23. The van der Waals surface area contributed by atoms with Crippen molar-refractivity contribution in [3.63, 3.8) is 0 Å². The number of aromatic nitrogens is 2. The number of aryl methyl sites for hydroxylation is 1. The fraction of sp³-hybridized carbons (Fsp3) is 0.174. The van der Waals surface area contributed by atoms with Gasteiger partial charge < -0.3 is 10.1 Å². The lowest BCUT2D eigenvalue weighted by molar-refractivity contribution is -0.116. The molecule has 6 nitrogen and oxygen atoms in total. The molecule has 0 saturated carbocycles. The Balaban J connectivity index is 1.57. The Morgan fingerprint density at radius 2 is 2.00 bits per heavy atom. The second-order valence-corrected chi connectivity index (χ2v) is 7.71. The number of ether oxygens (including phenoxy) is 1. The SMILES string of the molecule is CCc1cccc(NC(=O)Cn2cnc3c(-c4ccc(OC)cc4)csc3c2=O)c1. The molecule has 0 unspecified atom stereocenters. The van der Waals surface area contributed by atoms with Gasteiger partial charge in [-0.3, -0.25) is 14.2 Å². The highest BCUT2D eigenvalue weighted by Crippen LogP contribution is 2.31. The third-order valence-electron chi connectivity index (χ3n) is 4.88. The zero-order valence-electron chi connectivity index (χ0n) is 16.7. The number of methoxy groups -OCH3 is 1. The molecule has 4 rings (SSSR count). The number of hydrogen-bond donors (Lipinski definition) is 1. The number of benzene rings is 2. The summed E-state index contributed by atoms with van der Waals surface area (Å²) in [7, 11) is 1.62.